The maximum Gasteiger partial charge on any atom is 0.421 e. The van der Waals surface area contributed by atoms with Crippen LogP contribution in [0.5, 0.6) is 0 Å². The predicted octanol–water partition coefficient (Wildman–Crippen LogP) is 4.49. The lowest BCUT2D eigenvalue weighted by Gasteiger charge is -2.26. The highest BCUT2D eigenvalue weighted by molar-refractivity contribution is 6.21. The third-order valence-electron chi connectivity index (χ3n) is 6.89. The van der Waals surface area contributed by atoms with Crippen molar-refractivity contribution in [3.8, 4) is 0 Å². The van der Waals surface area contributed by atoms with Crippen LogP contribution in [0.25, 0.3) is 5.65 Å². The van der Waals surface area contributed by atoms with Gasteiger partial charge in [0, 0.05) is 18.9 Å². The summed E-state index contributed by atoms with van der Waals surface area (Å²) >= 11 is 0. The van der Waals surface area contributed by atoms with Gasteiger partial charge < -0.3 is 19.9 Å². The number of nitrogens with one attached hydrogen (secondary N) is 1. The molecule has 0 saturated carbocycles. The van der Waals surface area contributed by atoms with E-state index in [9.17, 15) is 14.7 Å². The van der Waals surface area contributed by atoms with Crippen LogP contribution in [-0.4, -0.2) is 50.5 Å². The summed E-state index contributed by atoms with van der Waals surface area (Å²) < 4.78 is 12.6. The lowest BCUT2D eigenvalue weighted by atomic mass is 9.86. The Balaban J connectivity index is 1.45. The second-order valence-corrected chi connectivity index (χ2v) is 11.2. The summed E-state index contributed by atoms with van der Waals surface area (Å²) in [5, 5.41) is 18.8. The van der Waals surface area contributed by atoms with Gasteiger partial charge in [0.15, 0.2) is 5.65 Å². The number of imide groups is 1. The zero-order chi connectivity index (χ0) is 26.5. The maximum absolute atomic E-state index is 13.2. The third-order valence-corrected chi connectivity index (χ3v) is 6.89. The molecule has 5 rings (SSSR count). The molecule has 0 spiro atoms. The number of ether oxygens (including phenoxy) is 2. The maximum atomic E-state index is 13.2. The molecule has 4 heterocycles. The molecule has 1 fully saturated rings. The lowest BCUT2D eigenvalue weighted by Crippen LogP contribution is -2.43. The first kappa shape index (κ1) is 25.2. The van der Waals surface area contributed by atoms with Gasteiger partial charge in [-0.1, -0.05) is 12.1 Å². The number of aliphatic hydroxyl groups is 1. The monoisotopic (exact) mass is 507 g/mol. The standard InChI is InChI=1S/C27H33N5O5/c1-26(2,3)37-25(35)31-20-15-17(9-10-18(20)27(4,5)23(31)34)28-24-29-21-8-6-7-19(32(21)30-24)22(33)16-11-13-36-14-12-16/h6-10,15-16,22,33H,11-14H2,1-5H3,(H,28,30). The predicted molar refractivity (Wildman–Crippen MR) is 138 cm³/mol. The van der Waals surface area contributed by atoms with Gasteiger partial charge in [-0.25, -0.2) is 14.2 Å². The second kappa shape index (κ2) is 9.11. The van der Waals surface area contributed by atoms with Crippen LogP contribution in [-0.2, 0) is 19.7 Å². The largest absolute Gasteiger partial charge is 0.443 e. The molecule has 2 amide bonds. The number of benzene rings is 1. The van der Waals surface area contributed by atoms with Gasteiger partial charge in [-0.2, -0.15) is 4.98 Å². The number of fused-ring (bicyclic) bond motifs is 2. The van der Waals surface area contributed by atoms with E-state index in [0.29, 0.717) is 41.9 Å². The van der Waals surface area contributed by atoms with Crippen molar-refractivity contribution in [1.82, 2.24) is 14.6 Å². The molecule has 37 heavy (non-hydrogen) atoms. The van der Waals surface area contributed by atoms with Gasteiger partial charge in [-0.05, 0) is 83.2 Å². The number of aliphatic hydroxyl groups excluding tert-OH is 1. The first-order valence-corrected chi connectivity index (χ1v) is 12.6. The molecule has 1 aromatic carbocycles. The van der Waals surface area contributed by atoms with Gasteiger partial charge in [0.1, 0.15) is 5.60 Å². The lowest BCUT2D eigenvalue weighted by molar-refractivity contribution is -0.121. The molecule has 1 atom stereocenters. The molecule has 2 N–H and O–H groups in total. The van der Waals surface area contributed by atoms with Crippen molar-refractivity contribution in [3.05, 3.63) is 47.7 Å². The van der Waals surface area contributed by atoms with Gasteiger partial charge in [-0.3, -0.25) is 4.79 Å². The van der Waals surface area contributed by atoms with Crippen molar-refractivity contribution in [3.63, 3.8) is 0 Å². The van der Waals surface area contributed by atoms with Crippen LogP contribution in [0.2, 0.25) is 0 Å². The Labute approximate surface area is 215 Å². The van der Waals surface area contributed by atoms with E-state index in [1.165, 1.54) is 0 Å². The van der Waals surface area contributed by atoms with E-state index in [-0.39, 0.29) is 11.8 Å². The highest BCUT2D eigenvalue weighted by Crippen LogP contribution is 2.43. The highest BCUT2D eigenvalue weighted by atomic mass is 16.6. The average molecular weight is 508 g/mol. The van der Waals surface area contributed by atoms with Crippen molar-refractivity contribution in [2.45, 2.75) is 64.6 Å². The molecule has 0 aliphatic carbocycles. The van der Waals surface area contributed by atoms with E-state index in [4.69, 9.17) is 9.47 Å². The van der Waals surface area contributed by atoms with Gasteiger partial charge in [0.05, 0.1) is 22.9 Å². The summed E-state index contributed by atoms with van der Waals surface area (Å²) in [5.41, 5.74) is 1.46. The Bertz CT molecular complexity index is 1350. The topological polar surface area (TPSA) is 118 Å². The minimum Gasteiger partial charge on any atom is -0.443 e. The van der Waals surface area contributed by atoms with Gasteiger partial charge in [0.25, 0.3) is 0 Å². The number of rotatable bonds is 4. The van der Waals surface area contributed by atoms with Crippen LogP contribution < -0.4 is 10.2 Å². The molecule has 2 aliphatic rings. The summed E-state index contributed by atoms with van der Waals surface area (Å²) in [5.74, 6) is 0.0851. The van der Waals surface area contributed by atoms with E-state index >= 15 is 0 Å². The smallest absolute Gasteiger partial charge is 0.421 e. The summed E-state index contributed by atoms with van der Waals surface area (Å²) in [6.45, 7) is 10.1. The zero-order valence-corrected chi connectivity index (χ0v) is 21.8. The number of carbonyl (C=O) groups excluding carboxylic acids is 2. The first-order valence-electron chi connectivity index (χ1n) is 12.6. The summed E-state index contributed by atoms with van der Waals surface area (Å²) in [6, 6.07) is 10.9. The van der Waals surface area contributed by atoms with Crippen LogP contribution in [0, 0.1) is 5.92 Å². The normalized spacial score (nSPS) is 18.6. The molecule has 2 aliphatic heterocycles. The SMILES string of the molecule is CC(C)(C)OC(=O)N1C(=O)C(C)(C)c2ccc(Nc3nc4cccc(C(O)C5CCOCC5)n4n3)cc21. The molecule has 196 valence electrons. The van der Waals surface area contributed by atoms with Crippen LogP contribution in [0.4, 0.5) is 22.1 Å². The Kier molecular flexibility index (Phi) is 6.19. The molecule has 3 aromatic rings. The average Bonchev–Trinajstić information content (AvgIpc) is 3.33. The fraction of sp³-hybridized carbons (Fsp3) is 0.481. The minimum atomic E-state index is -0.874. The molecule has 1 unspecified atom stereocenters. The number of nitrogens with zero attached hydrogens (tertiary/aromatic N) is 4. The van der Waals surface area contributed by atoms with Gasteiger partial charge >= 0.3 is 6.09 Å². The molecule has 2 aromatic heterocycles. The molecule has 1 saturated heterocycles. The Morgan fingerprint density at radius 1 is 1.22 bits per heavy atom. The van der Waals surface area contributed by atoms with Crippen LogP contribution in [0.1, 0.15) is 64.8 Å². The van der Waals surface area contributed by atoms with E-state index < -0.39 is 23.2 Å². The van der Waals surface area contributed by atoms with E-state index in [2.05, 4.69) is 15.4 Å². The molecular weight excluding hydrogens is 474 g/mol. The van der Waals surface area contributed by atoms with Crippen molar-refractivity contribution >= 4 is 35.0 Å². The molecule has 0 bridgehead atoms. The van der Waals surface area contributed by atoms with E-state index in [0.717, 1.165) is 23.3 Å². The molecular formula is C27H33N5O5. The Hall–Kier alpha value is -3.50. The van der Waals surface area contributed by atoms with Gasteiger partial charge in [-0.15, -0.1) is 5.10 Å². The van der Waals surface area contributed by atoms with E-state index in [1.54, 1.807) is 45.2 Å². The number of amides is 2. The quantitative estimate of drug-likeness (QED) is 0.530. The van der Waals surface area contributed by atoms with Crippen molar-refractivity contribution in [2.24, 2.45) is 5.92 Å². The Morgan fingerprint density at radius 2 is 1.95 bits per heavy atom. The fourth-order valence-corrected chi connectivity index (χ4v) is 4.92. The number of aromatic nitrogens is 3. The summed E-state index contributed by atoms with van der Waals surface area (Å²) in [6.07, 6.45) is 0.183. The molecule has 10 heteroatoms. The first-order chi connectivity index (χ1) is 17.5. The van der Waals surface area contributed by atoms with Crippen LogP contribution >= 0.6 is 0 Å². The number of carbonyl (C=O) groups is 2. The van der Waals surface area contributed by atoms with Crippen molar-refractivity contribution < 1.29 is 24.2 Å². The number of anilines is 3. The number of pyridine rings is 1. The summed E-state index contributed by atoms with van der Waals surface area (Å²) in [7, 11) is 0. The van der Waals surface area contributed by atoms with Crippen molar-refractivity contribution in [1.29, 1.82) is 0 Å². The third kappa shape index (κ3) is 4.67. The number of hydrogen-bond donors (Lipinski definition) is 2. The minimum absolute atomic E-state index is 0.0939. The fourth-order valence-electron chi connectivity index (χ4n) is 4.92. The molecule has 10 nitrogen and oxygen atoms in total. The molecule has 0 radical (unpaired) electrons. The van der Waals surface area contributed by atoms with Crippen LogP contribution in [0.3, 0.4) is 0 Å². The van der Waals surface area contributed by atoms with Crippen molar-refractivity contribution in [2.75, 3.05) is 23.4 Å². The Morgan fingerprint density at radius 3 is 2.65 bits per heavy atom. The number of hydrogen-bond acceptors (Lipinski definition) is 8. The highest BCUT2D eigenvalue weighted by Gasteiger charge is 2.48. The van der Waals surface area contributed by atoms with Gasteiger partial charge in [0.2, 0.25) is 11.9 Å². The summed E-state index contributed by atoms with van der Waals surface area (Å²) in [4.78, 5) is 31.8. The zero-order valence-electron chi connectivity index (χ0n) is 21.8. The van der Waals surface area contributed by atoms with E-state index in [1.807, 2.05) is 30.3 Å². The van der Waals surface area contributed by atoms with Crippen LogP contribution in [0.15, 0.2) is 36.4 Å². The second-order valence-electron chi connectivity index (χ2n) is 11.2.